The third-order valence-electron chi connectivity index (χ3n) is 6.48. The molecule has 5 rings (SSSR count). The first-order valence-corrected chi connectivity index (χ1v) is 13.9. The molecule has 1 aromatic heterocycles. The van der Waals surface area contributed by atoms with E-state index < -0.39 is 0 Å². The smallest absolute Gasteiger partial charge is 0.229 e. The molecule has 0 aliphatic heterocycles. The monoisotopic (exact) mass is 547 g/mol. The Hall–Kier alpha value is -4.76. The topological polar surface area (TPSA) is 98.2 Å². The minimum Gasteiger partial charge on any atom is -0.507 e. The number of aromatic hydroxyl groups is 1. The lowest BCUT2D eigenvalue weighted by atomic mass is 10.1. The fourth-order valence-corrected chi connectivity index (χ4v) is 4.77. The van der Waals surface area contributed by atoms with Gasteiger partial charge in [0.25, 0.3) is 0 Å². The first-order chi connectivity index (χ1) is 19.6. The summed E-state index contributed by atoms with van der Waals surface area (Å²) >= 11 is 1.44. The molecule has 1 N–H and O–H groups in total. The Morgan fingerprint density at radius 1 is 0.825 bits per heavy atom. The lowest BCUT2D eigenvalue weighted by Crippen LogP contribution is -2.21. The summed E-state index contributed by atoms with van der Waals surface area (Å²) in [4.78, 5) is 11.0. The number of fused-ring (bicyclic) bond motifs is 1. The van der Waals surface area contributed by atoms with Gasteiger partial charge in [-0.1, -0.05) is 24.3 Å². The fraction of sp³-hybridized carbons (Fsp3) is 0.161. The molecule has 4 aromatic carbocycles. The van der Waals surface area contributed by atoms with Gasteiger partial charge >= 0.3 is 0 Å². The van der Waals surface area contributed by atoms with Crippen LogP contribution in [0.15, 0.2) is 110 Å². The van der Waals surface area contributed by atoms with Crippen molar-refractivity contribution >= 4 is 61.9 Å². The standard InChI is InChI=1S/C31H29N7OS/c1-4-38(5-2)24-12-10-22(30(39)19-24)20-33-28-14-15-29(26-9-7-6-8-25(26)28)36-34-23-11-13-27(21(3)18-23)35-37-31-32-16-17-40-31/h6-20,39H,4-5H2,1-3H3/b33-20+,36-34+,37-35+. The van der Waals surface area contributed by atoms with Crippen LogP contribution >= 0.6 is 11.3 Å². The van der Waals surface area contributed by atoms with E-state index in [1.807, 2.05) is 79.0 Å². The SMILES string of the molecule is CCN(CC)c1ccc(/C=N/c2ccc(/N=N/c3ccc(/N=N/c4nccs4)c(C)c3)c3ccccc23)c(O)c1. The summed E-state index contributed by atoms with van der Waals surface area (Å²) in [6, 6.07) is 23.1. The van der Waals surface area contributed by atoms with E-state index >= 15 is 0 Å². The summed E-state index contributed by atoms with van der Waals surface area (Å²) in [6.07, 6.45) is 3.40. The van der Waals surface area contributed by atoms with E-state index in [0.717, 1.165) is 57.9 Å². The number of rotatable bonds is 9. The maximum absolute atomic E-state index is 10.6. The number of phenolic OH excluding ortho intramolecular Hbond substituents is 1. The molecule has 0 unspecified atom stereocenters. The Morgan fingerprint density at radius 3 is 2.25 bits per heavy atom. The number of phenols is 1. The molecular weight excluding hydrogens is 518 g/mol. The minimum absolute atomic E-state index is 0.203. The largest absolute Gasteiger partial charge is 0.507 e. The Balaban J connectivity index is 1.37. The van der Waals surface area contributed by atoms with Gasteiger partial charge in [0.05, 0.1) is 22.7 Å². The molecular formula is C31H29N7OS. The highest BCUT2D eigenvalue weighted by atomic mass is 32.1. The van der Waals surface area contributed by atoms with Crippen LogP contribution in [0.2, 0.25) is 0 Å². The normalized spacial score (nSPS) is 11.9. The zero-order chi connectivity index (χ0) is 27.9. The zero-order valence-corrected chi connectivity index (χ0v) is 23.4. The van der Waals surface area contributed by atoms with Crippen LogP contribution in [0, 0.1) is 6.92 Å². The second kappa shape index (κ2) is 12.4. The number of anilines is 1. The van der Waals surface area contributed by atoms with E-state index in [2.05, 4.69) is 44.2 Å². The number of nitrogens with zero attached hydrogens (tertiary/aromatic N) is 7. The van der Waals surface area contributed by atoms with Crippen molar-refractivity contribution in [3.05, 3.63) is 95.5 Å². The summed E-state index contributed by atoms with van der Waals surface area (Å²) in [5.41, 5.74) is 5.60. The zero-order valence-electron chi connectivity index (χ0n) is 22.6. The lowest BCUT2D eigenvalue weighted by Gasteiger charge is -2.21. The average Bonchev–Trinajstić information content (AvgIpc) is 3.50. The quantitative estimate of drug-likeness (QED) is 0.147. The number of aromatic nitrogens is 1. The van der Waals surface area contributed by atoms with Crippen molar-refractivity contribution in [3.8, 4) is 5.75 Å². The predicted molar refractivity (Wildman–Crippen MR) is 165 cm³/mol. The fourth-order valence-electron chi connectivity index (χ4n) is 4.32. The van der Waals surface area contributed by atoms with Crippen LogP contribution in [0.3, 0.4) is 0 Å². The number of thiazole rings is 1. The van der Waals surface area contributed by atoms with Gasteiger partial charge in [0, 0.05) is 59.0 Å². The van der Waals surface area contributed by atoms with Crippen molar-refractivity contribution in [2.75, 3.05) is 18.0 Å². The summed E-state index contributed by atoms with van der Waals surface area (Å²) in [6.45, 7) is 7.92. The van der Waals surface area contributed by atoms with Crippen molar-refractivity contribution in [1.82, 2.24) is 4.98 Å². The highest BCUT2D eigenvalue weighted by Gasteiger charge is 2.08. The lowest BCUT2D eigenvalue weighted by molar-refractivity contribution is 0.474. The van der Waals surface area contributed by atoms with Crippen molar-refractivity contribution < 1.29 is 5.11 Å². The van der Waals surface area contributed by atoms with E-state index in [1.165, 1.54) is 11.3 Å². The summed E-state index contributed by atoms with van der Waals surface area (Å²) in [5, 5.41) is 32.4. The third-order valence-corrected chi connectivity index (χ3v) is 7.14. The molecule has 0 spiro atoms. The molecule has 0 saturated carbocycles. The van der Waals surface area contributed by atoms with Gasteiger partial charge in [-0.15, -0.1) is 26.7 Å². The number of aryl methyl sites for hydroxylation is 1. The van der Waals surface area contributed by atoms with E-state index in [-0.39, 0.29) is 5.75 Å². The maximum atomic E-state index is 10.6. The molecule has 200 valence electrons. The molecule has 1 heterocycles. The van der Waals surface area contributed by atoms with Gasteiger partial charge in [-0.25, -0.2) is 4.98 Å². The van der Waals surface area contributed by atoms with Crippen molar-refractivity contribution in [3.63, 3.8) is 0 Å². The van der Waals surface area contributed by atoms with Gasteiger partial charge in [-0.2, -0.15) is 5.11 Å². The number of hydrogen-bond acceptors (Lipinski definition) is 9. The number of benzene rings is 4. The van der Waals surface area contributed by atoms with E-state index in [4.69, 9.17) is 4.99 Å². The first-order valence-electron chi connectivity index (χ1n) is 13.0. The molecule has 0 atom stereocenters. The highest BCUT2D eigenvalue weighted by molar-refractivity contribution is 7.13. The molecule has 0 aliphatic rings. The molecule has 0 bridgehead atoms. The Kier molecular flexibility index (Phi) is 8.32. The van der Waals surface area contributed by atoms with Crippen LogP contribution < -0.4 is 4.90 Å². The molecule has 0 fully saturated rings. The number of aliphatic imine (C=N–C) groups is 1. The van der Waals surface area contributed by atoms with E-state index in [1.54, 1.807) is 18.5 Å². The first kappa shape index (κ1) is 26.8. The van der Waals surface area contributed by atoms with E-state index in [0.29, 0.717) is 10.7 Å². The van der Waals surface area contributed by atoms with Gasteiger partial charge in [-0.05, 0) is 68.8 Å². The number of azo groups is 2. The summed E-state index contributed by atoms with van der Waals surface area (Å²) in [7, 11) is 0. The molecule has 40 heavy (non-hydrogen) atoms. The Bertz CT molecular complexity index is 1710. The second-order valence-corrected chi connectivity index (χ2v) is 9.88. The van der Waals surface area contributed by atoms with Gasteiger partial charge in [0.2, 0.25) is 5.13 Å². The van der Waals surface area contributed by atoms with Crippen molar-refractivity contribution in [1.29, 1.82) is 0 Å². The number of hydrogen-bond donors (Lipinski definition) is 1. The molecule has 8 nitrogen and oxygen atoms in total. The van der Waals surface area contributed by atoms with Crippen LogP contribution in [0.25, 0.3) is 10.8 Å². The molecule has 5 aromatic rings. The van der Waals surface area contributed by atoms with Crippen LogP contribution in [-0.4, -0.2) is 29.4 Å². The van der Waals surface area contributed by atoms with Crippen LogP contribution in [0.5, 0.6) is 5.75 Å². The molecule has 0 radical (unpaired) electrons. The van der Waals surface area contributed by atoms with Crippen LogP contribution in [0.1, 0.15) is 25.0 Å². The van der Waals surface area contributed by atoms with Crippen LogP contribution in [0.4, 0.5) is 33.6 Å². The van der Waals surface area contributed by atoms with Gasteiger partial charge < -0.3 is 10.0 Å². The Morgan fingerprint density at radius 2 is 1.55 bits per heavy atom. The minimum atomic E-state index is 0.203. The van der Waals surface area contributed by atoms with Crippen molar-refractivity contribution in [2.24, 2.45) is 25.4 Å². The van der Waals surface area contributed by atoms with Gasteiger partial charge in [0.15, 0.2) is 0 Å². The second-order valence-electron chi connectivity index (χ2n) is 9.01. The van der Waals surface area contributed by atoms with Gasteiger partial charge in [-0.3, -0.25) is 4.99 Å². The Labute approximate surface area is 237 Å². The maximum Gasteiger partial charge on any atom is 0.229 e. The predicted octanol–water partition coefficient (Wildman–Crippen LogP) is 9.74. The van der Waals surface area contributed by atoms with Gasteiger partial charge in [0.1, 0.15) is 5.75 Å². The highest BCUT2D eigenvalue weighted by Crippen LogP contribution is 2.35. The third kappa shape index (κ3) is 6.10. The molecule has 0 aliphatic carbocycles. The molecule has 0 saturated heterocycles. The summed E-state index contributed by atoms with van der Waals surface area (Å²) < 4.78 is 0. The average molecular weight is 548 g/mol. The van der Waals surface area contributed by atoms with Crippen LogP contribution in [-0.2, 0) is 0 Å². The summed E-state index contributed by atoms with van der Waals surface area (Å²) in [5.74, 6) is 0.203. The van der Waals surface area contributed by atoms with Crippen molar-refractivity contribution in [2.45, 2.75) is 20.8 Å². The molecule has 9 heteroatoms. The molecule has 0 amide bonds. The van der Waals surface area contributed by atoms with E-state index in [9.17, 15) is 5.11 Å².